The van der Waals surface area contributed by atoms with Gasteiger partial charge in [0.05, 0.1) is 6.10 Å². The molecule has 89 valence electrons. The molecule has 1 aliphatic carbocycles. The first-order chi connectivity index (χ1) is 7.69. The van der Waals surface area contributed by atoms with Crippen LogP contribution < -0.4 is 0 Å². The molecule has 2 heteroatoms. The minimum atomic E-state index is -0.582. The fourth-order valence-electron chi connectivity index (χ4n) is 2.51. The molecule has 2 aliphatic rings. The first-order valence-electron chi connectivity index (χ1n) is 6.29. The highest BCUT2D eigenvalue weighted by Gasteiger charge is 2.48. The quantitative estimate of drug-likeness (QED) is 0.584. The van der Waals surface area contributed by atoms with Crippen LogP contribution in [0, 0.1) is 6.10 Å². The van der Waals surface area contributed by atoms with Gasteiger partial charge >= 0.3 is 0 Å². The molecule has 2 rings (SSSR count). The lowest BCUT2D eigenvalue weighted by Crippen LogP contribution is -2.37. The summed E-state index contributed by atoms with van der Waals surface area (Å²) in [4.78, 5) is 0. The predicted molar refractivity (Wildman–Crippen MR) is 64.7 cm³/mol. The summed E-state index contributed by atoms with van der Waals surface area (Å²) in [6.45, 7) is 6.22. The van der Waals surface area contributed by atoms with Crippen molar-refractivity contribution in [2.24, 2.45) is 0 Å². The Hall–Kier alpha value is -0.600. The van der Waals surface area contributed by atoms with E-state index in [9.17, 15) is 5.11 Å². The normalized spacial score (nSPS) is 34.4. The molecule has 1 unspecified atom stereocenters. The molecule has 1 fully saturated rings. The van der Waals surface area contributed by atoms with Crippen LogP contribution in [0.25, 0.3) is 0 Å². The maximum atomic E-state index is 9.99. The fraction of sp³-hybridized carbons (Fsp3) is 0.643. The van der Waals surface area contributed by atoms with Gasteiger partial charge in [0, 0.05) is 0 Å². The van der Waals surface area contributed by atoms with Gasteiger partial charge in [-0.2, -0.15) is 0 Å². The Kier molecular flexibility index (Phi) is 3.50. The molecule has 1 heterocycles. The molecule has 1 spiro atoms. The molecule has 2 nitrogen and oxygen atoms in total. The lowest BCUT2D eigenvalue weighted by Gasteiger charge is -2.28. The van der Waals surface area contributed by atoms with Crippen molar-refractivity contribution in [3.05, 3.63) is 30.4 Å². The Labute approximate surface area is 98.0 Å². The second-order valence-corrected chi connectivity index (χ2v) is 4.81. The summed E-state index contributed by atoms with van der Waals surface area (Å²) >= 11 is 0. The summed E-state index contributed by atoms with van der Waals surface area (Å²) in [5.74, 6) is 0. The molecule has 1 N–H and O–H groups in total. The average molecular weight is 221 g/mol. The summed E-state index contributed by atoms with van der Waals surface area (Å²) in [6, 6.07) is 0. The second kappa shape index (κ2) is 4.72. The molecular weight excluding hydrogens is 200 g/mol. The van der Waals surface area contributed by atoms with Crippen molar-refractivity contribution in [3.63, 3.8) is 0 Å². The smallest absolute Gasteiger partial charge is 0.134 e. The van der Waals surface area contributed by atoms with Crippen LogP contribution in [0.4, 0.5) is 0 Å². The summed E-state index contributed by atoms with van der Waals surface area (Å²) in [6.07, 6.45) is 10.8. The van der Waals surface area contributed by atoms with E-state index >= 15 is 0 Å². The molecule has 0 bridgehead atoms. The van der Waals surface area contributed by atoms with Crippen LogP contribution in [0.15, 0.2) is 24.3 Å². The van der Waals surface area contributed by atoms with Crippen LogP contribution in [0.3, 0.4) is 0 Å². The Balaban J connectivity index is 1.92. The summed E-state index contributed by atoms with van der Waals surface area (Å²) in [5, 5.41) is 9.99. The Bertz CT molecular complexity index is 295. The molecular formula is C14H21O2. The van der Waals surface area contributed by atoms with Crippen molar-refractivity contribution in [2.75, 3.05) is 0 Å². The highest BCUT2D eigenvalue weighted by molar-refractivity contribution is 5.36. The Morgan fingerprint density at radius 2 is 2.38 bits per heavy atom. The van der Waals surface area contributed by atoms with E-state index in [0.29, 0.717) is 0 Å². The zero-order valence-corrected chi connectivity index (χ0v) is 10.0. The van der Waals surface area contributed by atoms with Crippen LogP contribution >= 0.6 is 0 Å². The molecule has 16 heavy (non-hydrogen) atoms. The number of ether oxygens (including phenoxy) is 1. The third kappa shape index (κ3) is 1.96. The number of aliphatic hydroxyl groups is 1. The van der Waals surface area contributed by atoms with Gasteiger partial charge in [0.1, 0.15) is 11.7 Å². The lowest BCUT2D eigenvalue weighted by molar-refractivity contribution is -0.0296. The first-order valence-corrected chi connectivity index (χ1v) is 6.29. The van der Waals surface area contributed by atoms with E-state index in [1.165, 1.54) is 12.8 Å². The predicted octanol–water partition coefficient (Wildman–Crippen LogP) is 3.13. The minimum Gasteiger partial charge on any atom is -0.389 e. The SMILES string of the molecule is C=C1CC[C@H](O)C12C=C[C](CCCCC)O2. The molecule has 0 amide bonds. The fourth-order valence-corrected chi connectivity index (χ4v) is 2.51. The van der Waals surface area contributed by atoms with Crippen LogP contribution in [-0.4, -0.2) is 16.8 Å². The van der Waals surface area contributed by atoms with Crippen LogP contribution in [0.5, 0.6) is 0 Å². The lowest BCUT2D eigenvalue weighted by atomic mass is 9.97. The van der Waals surface area contributed by atoms with E-state index in [4.69, 9.17) is 4.74 Å². The molecule has 2 atom stereocenters. The summed E-state index contributed by atoms with van der Waals surface area (Å²) in [7, 11) is 0. The zero-order valence-electron chi connectivity index (χ0n) is 10.0. The number of hydrogen-bond donors (Lipinski definition) is 1. The maximum Gasteiger partial charge on any atom is 0.134 e. The topological polar surface area (TPSA) is 29.5 Å². The van der Waals surface area contributed by atoms with E-state index in [1.807, 2.05) is 12.2 Å². The molecule has 0 aromatic rings. The zero-order chi connectivity index (χ0) is 11.6. The maximum absolute atomic E-state index is 9.99. The second-order valence-electron chi connectivity index (χ2n) is 4.81. The van der Waals surface area contributed by atoms with Crippen molar-refractivity contribution in [2.45, 2.75) is 57.2 Å². The van der Waals surface area contributed by atoms with Gasteiger partial charge in [0.25, 0.3) is 0 Å². The summed E-state index contributed by atoms with van der Waals surface area (Å²) < 4.78 is 5.94. The average Bonchev–Trinajstić information content (AvgIpc) is 2.81. The van der Waals surface area contributed by atoms with Gasteiger partial charge in [-0.3, -0.25) is 0 Å². The van der Waals surface area contributed by atoms with E-state index in [-0.39, 0.29) is 0 Å². The first kappa shape index (κ1) is 11.9. The molecule has 1 aliphatic heterocycles. The third-order valence-electron chi connectivity index (χ3n) is 3.61. The molecule has 0 aromatic heterocycles. The largest absolute Gasteiger partial charge is 0.389 e. The van der Waals surface area contributed by atoms with E-state index in [0.717, 1.165) is 37.4 Å². The van der Waals surface area contributed by atoms with Gasteiger partial charge in [-0.15, -0.1) is 0 Å². The van der Waals surface area contributed by atoms with E-state index in [2.05, 4.69) is 13.5 Å². The molecule has 0 saturated heterocycles. The third-order valence-corrected chi connectivity index (χ3v) is 3.61. The molecule has 1 radical (unpaired) electrons. The minimum absolute atomic E-state index is 0.417. The van der Waals surface area contributed by atoms with Crippen molar-refractivity contribution < 1.29 is 9.84 Å². The van der Waals surface area contributed by atoms with E-state index < -0.39 is 11.7 Å². The Morgan fingerprint density at radius 1 is 1.56 bits per heavy atom. The molecule has 0 aromatic carbocycles. The monoisotopic (exact) mass is 221 g/mol. The highest BCUT2D eigenvalue weighted by Crippen LogP contribution is 2.45. The van der Waals surface area contributed by atoms with E-state index in [1.54, 1.807) is 0 Å². The number of rotatable bonds is 4. The van der Waals surface area contributed by atoms with Crippen molar-refractivity contribution in [3.8, 4) is 0 Å². The van der Waals surface area contributed by atoms with Crippen LogP contribution in [-0.2, 0) is 4.74 Å². The number of unbranched alkanes of at least 4 members (excludes halogenated alkanes) is 2. The van der Waals surface area contributed by atoms with Gasteiger partial charge in [-0.05, 0) is 30.9 Å². The van der Waals surface area contributed by atoms with Crippen molar-refractivity contribution >= 4 is 0 Å². The van der Waals surface area contributed by atoms with Crippen molar-refractivity contribution in [1.82, 2.24) is 0 Å². The highest BCUT2D eigenvalue weighted by atomic mass is 16.5. The Morgan fingerprint density at radius 3 is 3.00 bits per heavy atom. The van der Waals surface area contributed by atoms with Gasteiger partial charge < -0.3 is 9.84 Å². The van der Waals surface area contributed by atoms with Gasteiger partial charge in [-0.25, -0.2) is 0 Å². The summed E-state index contributed by atoms with van der Waals surface area (Å²) in [5.41, 5.74) is 0.434. The van der Waals surface area contributed by atoms with Gasteiger partial charge in [-0.1, -0.05) is 38.8 Å². The van der Waals surface area contributed by atoms with Crippen LogP contribution in [0.1, 0.15) is 45.4 Å². The van der Waals surface area contributed by atoms with Crippen LogP contribution in [0.2, 0.25) is 0 Å². The number of aliphatic hydroxyl groups excluding tert-OH is 1. The van der Waals surface area contributed by atoms with Crippen molar-refractivity contribution in [1.29, 1.82) is 0 Å². The standard InChI is InChI=1S/C14H21O2/c1-3-4-5-6-12-9-10-14(16-12)11(2)7-8-13(14)15/h9-10,13,15H,2-8H2,1H3/t13-,14?/m0/s1. The number of hydrogen-bond acceptors (Lipinski definition) is 2. The van der Waals surface area contributed by atoms with Gasteiger partial charge in [0.15, 0.2) is 0 Å². The van der Waals surface area contributed by atoms with Gasteiger partial charge in [0.2, 0.25) is 0 Å². The molecule has 1 saturated carbocycles.